The van der Waals surface area contributed by atoms with E-state index >= 15 is 0 Å². The van der Waals surface area contributed by atoms with E-state index in [9.17, 15) is 0 Å². The van der Waals surface area contributed by atoms with Crippen LogP contribution in [0.3, 0.4) is 0 Å². The molecule has 1 nitrogen and oxygen atoms in total. The first kappa shape index (κ1) is 14.7. The van der Waals surface area contributed by atoms with Gasteiger partial charge in [-0.25, -0.2) is 0 Å². The van der Waals surface area contributed by atoms with Crippen molar-refractivity contribution in [1.82, 2.24) is 5.32 Å². The zero-order valence-corrected chi connectivity index (χ0v) is 12.2. The SMILES string of the molecule is C=C(NC)SCc1cccc2ccccc12.CC. The van der Waals surface area contributed by atoms with Crippen LogP contribution in [0.25, 0.3) is 10.8 Å². The van der Waals surface area contributed by atoms with Crippen LogP contribution in [0, 0.1) is 0 Å². The molecule has 0 aliphatic rings. The van der Waals surface area contributed by atoms with Gasteiger partial charge in [0.05, 0.1) is 5.03 Å². The molecule has 0 spiro atoms. The second-order valence-electron chi connectivity index (χ2n) is 3.60. The molecule has 0 saturated carbocycles. The van der Waals surface area contributed by atoms with E-state index in [0.29, 0.717) is 0 Å². The highest BCUT2D eigenvalue weighted by Gasteiger charge is 2.00. The number of fused-ring (bicyclic) bond motifs is 1. The number of hydrogen-bond donors (Lipinski definition) is 1. The van der Waals surface area contributed by atoms with Crippen LogP contribution in [0.5, 0.6) is 0 Å². The summed E-state index contributed by atoms with van der Waals surface area (Å²) in [7, 11) is 1.90. The number of hydrogen-bond acceptors (Lipinski definition) is 2. The summed E-state index contributed by atoms with van der Waals surface area (Å²) < 4.78 is 0. The monoisotopic (exact) mass is 259 g/mol. The molecule has 0 bridgehead atoms. The molecule has 0 unspecified atom stereocenters. The van der Waals surface area contributed by atoms with Gasteiger partial charge in [-0.15, -0.1) is 11.8 Å². The third-order valence-corrected chi connectivity index (χ3v) is 3.57. The minimum absolute atomic E-state index is 0.959. The Hall–Kier alpha value is -1.41. The van der Waals surface area contributed by atoms with E-state index in [4.69, 9.17) is 0 Å². The summed E-state index contributed by atoms with van der Waals surface area (Å²) in [6.45, 7) is 7.92. The molecule has 2 rings (SSSR count). The van der Waals surface area contributed by atoms with Gasteiger partial charge in [0.1, 0.15) is 0 Å². The van der Waals surface area contributed by atoms with Gasteiger partial charge in [0.25, 0.3) is 0 Å². The van der Waals surface area contributed by atoms with Crippen molar-refractivity contribution in [2.75, 3.05) is 7.05 Å². The Morgan fingerprint density at radius 1 is 1.11 bits per heavy atom. The van der Waals surface area contributed by atoms with Crippen LogP contribution >= 0.6 is 11.8 Å². The standard InChI is InChI=1S/C14H15NS.C2H6/c1-11(15-2)16-10-13-8-5-7-12-6-3-4-9-14(12)13;1-2/h3-9,15H,1,10H2,2H3;1-2H3. The van der Waals surface area contributed by atoms with Gasteiger partial charge in [0, 0.05) is 12.8 Å². The summed E-state index contributed by atoms with van der Waals surface area (Å²) in [5.74, 6) is 0.959. The molecule has 0 radical (unpaired) electrons. The normalized spacial score (nSPS) is 9.50. The van der Waals surface area contributed by atoms with E-state index in [0.717, 1.165) is 10.8 Å². The van der Waals surface area contributed by atoms with Crippen LogP contribution in [-0.4, -0.2) is 7.05 Å². The number of rotatable bonds is 4. The summed E-state index contributed by atoms with van der Waals surface area (Å²) >= 11 is 1.74. The average molecular weight is 259 g/mol. The Balaban J connectivity index is 0.000000771. The van der Waals surface area contributed by atoms with E-state index in [-0.39, 0.29) is 0 Å². The summed E-state index contributed by atoms with van der Waals surface area (Å²) in [5.41, 5.74) is 1.36. The van der Waals surface area contributed by atoms with Crippen LogP contribution in [0.4, 0.5) is 0 Å². The van der Waals surface area contributed by atoms with Crippen molar-refractivity contribution >= 4 is 22.5 Å². The molecule has 0 amide bonds. The topological polar surface area (TPSA) is 12.0 Å². The van der Waals surface area contributed by atoms with Gasteiger partial charge in [0.15, 0.2) is 0 Å². The molecule has 0 heterocycles. The lowest BCUT2D eigenvalue weighted by Gasteiger charge is -2.07. The molecule has 0 atom stereocenters. The fraction of sp³-hybridized carbons (Fsp3) is 0.250. The smallest absolute Gasteiger partial charge is 0.0608 e. The van der Waals surface area contributed by atoms with Crippen molar-refractivity contribution in [1.29, 1.82) is 0 Å². The van der Waals surface area contributed by atoms with Crippen LogP contribution in [0.15, 0.2) is 54.1 Å². The second-order valence-corrected chi connectivity index (χ2v) is 4.67. The highest BCUT2D eigenvalue weighted by molar-refractivity contribution is 8.02. The second kappa shape index (κ2) is 7.83. The molecule has 1 N–H and O–H groups in total. The number of nitrogens with one attached hydrogen (secondary N) is 1. The van der Waals surface area contributed by atoms with E-state index in [1.165, 1.54) is 16.3 Å². The third kappa shape index (κ3) is 3.81. The van der Waals surface area contributed by atoms with Gasteiger partial charge in [-0.05, 0) is 16.3 Å². The maximum absolute atomic E-state index is 3.92. The first-order chi connectivity index (χ1) is 8.81. The maximum atomic E-state index is 3.92. The van der Waals surface area contributed by atoms with Gasteiger partial charge < -0.3 is 5.32 Å². The van der Waals surface area contributed by atoms with E-state index < -0.39 is 0 Å². The Morgan fingerprint density at radius 2 is 1.78 bits per heavy atom. The number of benzene rings is 2. The maximum Gasteiger partial charge on any atom is 0.0608 e. The van der Waals surface area contributed by atoms with Gasteiger partial charge in [-0.2, -0.15) is 0 Å². The van der Waals surface area contributed by atoms with Gasteiger partial charge in [-0.1, -0.05) is 62.9 Å². The minimum atomic E-state index is 0.959. The summed E-state index contributed by atoms with van der Waals surface area (Å²) in [5, 5.41) is 6.70. The van der Waals surface area contributed by atoms with Crippen molar-refractivity contribution in [3.05, 3.63) is 59.6 Å². The lowest BCUT2D eigenvalue weighted by atomic mass is 10.1. The molecule has 0 aliphatic heterocycles. The predicted octanol–water partition coefficient (Wildman–Crippen LogP) is 4.79. The molecular weight excluding hydrogens is 238 g/mol. The zero-order chi connectivity index (χ0) is 13.4. The lowest BCUT2D eigenvalue weighted by molar-refractivity contribution is 1.08. The summed E-state index contributed by atoms with van der Waals surface area (Å²) in [4.78, 5) is 0. The first-order valence-corrected chi connectivity index (χ1v) is 7.26. The third-order valence-electron chi connectivity index (χ3n) is 2.56. The molecule has 0 saturated heterocycles. The summed E-state index contributed by atoms with van der Waals surface area (Å²) in [6.07, 6.45) is 0. The molecule has 96 valence electrons. The molecule has 2 heteroatoms. The Morgan fingerprint density at radius 3 is 2.50 bits per heavy atom. The highest BCUT2D eigenvalue weighted by atomic mass is 32.2. The quantitative estimate of drug-likeness (QED) is 0.847. The van der Waals surface area contributed by atoms with Crippen LogP contribution in [-0.2, 0) is 5.75 Å². The average Bonchev–Trinajstić information content (AvgIpc) is 2.46. The van der Waals surface area contributed by atoms with Crippen molar-refractivity contribution in [3.63, 3.8) is 0 Å². The molecular formula is C16H21NS. The first-order valence-electron chi connectivity index (χ1n) is 6.27. The van der Waals surface area contributed by atoms with Crippen LogP contribution < -0.4 is 5.32 Å². The highest BCUT2D eigenvalue weighted by Crippen LogP contribution is 2.24. The fourth-order valence-corrected chi connectivity index (χ4v) is 2.38. The Bertz CT molecular complexity index is 500. The molecule has 0 aromatic heterocycles. The molecule has 2 aromatic carbocycles. The molecule has 0 fully saturated rings. The zero-order valence-electron chi connectivity index (χ0n) is 11.4. The Kier molecular flexibility index (Phi) is 6.37. The van der Waals surface area contributed by atoms with E-state index in [1.807, 2.05) is 20.9 Å². The van der Waals surface area contributed by atoms with Gasteiger partial charge in [0.2, 0.25) is 0 Å². The lowest BCUT2D eigenvalue weighted by Crippen LogP contribution is -2.00. The van der Waals surface area contributed by atoms with Gasteiger partial charge >= 0.3 is 0 Å². The van der Waals surface area contributed by atoms with Crippen LogP contribution in [0.2, 0.25) is 0 Å². The van der Waals surface area contributed by atoms with Crippen LogP contribution in [0.1, 0.15) is 19.4 Å². The van der Waals surface area contributed by atoms with Crippen molar-refractivity contribution < 1.29 is 0 Å². The fourth-order valence-electron chi connectivity index (χ4n) is 1.66. The number of thioether (sulfide) groups is 1. The molecule has 0 aliphatic carbocycles. The minimum Gasteiger partial charge on any atom is -0.383 e. The van der Waals surface area contributed by atoms with Crippen molar-refractivity contribution in [2.45, 2.75) is 19.6 Å². The van der Waals surface area contributed by atoms with Gasteiger partial charge in [-0.3, -0.25) is 0 Å². The predicted molar refractivity (Wildman–Crippen MR) is 84.8 cm³/mol. The van der Waals surface area contributed by atoms with Crippen molar-refractivity contribution in [3.8, 4) is 0 Å². The molecule has 18 heavy (non-hydrogen) atoms. The Labute approximate surface area is 114 Å². The molecule has 2 aromatic rings. The van der Waals surface area contributed by atoms with Crippen molar-refractivity contribution in [2.24, 2.45) is 0 Å². The van der Waals surface area contributed by atoms with E-state index in [2.05, 4.69) is 54.4 Å². The summed E-state index contributed by atoms with van der Waals surface area (Å²) in [6, 6.07) is 14.9. The van der Waals surface area contributed by atoms with E-state index in [1.54, 1.807) is 11.8 Å². The largest absolute Gasteiger partial charge is 0.383 e.